The molecule has 0 saturated heterocycles. The Morgan fingerprint density at radius 1 is 1.25 bits per heavy atom. The molecular weight excluding hydrogens is 284 g/mol. The van der Waals surface area contributed by atoms with Gasteiger partial charge in [0.2, 0.25) is 0 Å². The lowest BCUT2D eigenvalue weighted by Gasteiger charge is -2.10. The van der Waals surface area contributed by atoms with Crippen molar-refractivity contribution in [1.29, 1.82) is 0 Å². The molecule has 1 aromatic carbocycles. The summed E-state index contributed by atoms with van der Waals surface area (Å²) in [6, 6.07) is 1.15. The number of methoxy groups -OCH3 is 1. The summed E-state index contributed by atoms with van der Waals surface area (Å²) in [5.74, 6) is 0.162. The maximum atomic E-state index is 7.41. The molecule has 0 fully saturated rings. The molecule has 12 heavy (non-hydrogen) atoms. The monoisotopic (exact) mass is 298 g/mol. The van der Waals surface area contributed by atoms with Crippen molar-refractivity contribution in [2.24, 2.45) is 0 Å². The lowest BCUT2D eigenvalue weighted by Crippen LogP contribution is -1.91. The van der Waals surface area contributed by atoms with Crippen LogP contribution in [0.2, 0.25) is 0 Å². The van der Waals surface area contributed by atoms with E-state index in [2.05, 4.69) is 31.9 Å². The lowest BCUT2D eigenvalue weighted by molar-refractivity contribution is 0.408. The Bertz CT molecular complexity index is 427. The van der Waals surface area contributed by atoms with Crippen LogP contribution in [0, 0.1) is 13.7 Å². The van der Waals surface area contributed by atoms with E-state index in [1.807, 2.05) is 0 Å². The van der Waals surface area contributed by atoms with E-state index in [1.165, 1.54) is 7.11 Å². The predicted octanol–water partition coefficient (Wildman–Crippen LogP) is 3.84. The molecule has 1 rings (SSSR count). The topological polar surface area (TPSA) is 9.23 Å². The Labute approximate surface area is 97.8 Å². The van der Waals surface area contributed by atoms with Crippen LogP contribution in [0.4, 0.5) is 0 Å². The van der Waals surface area contributed by atoms with Gasteiger partial charge < -0.3 is 4.74 Å². The second-order valence-electron chi connectivity index (χ2n) is 2.13. The standard InChI is InChI=1S/C9H10Br2O/c1-5-4-6(2)8(11)9(12-3)7(5)10/h4H,1-3H3/i1D3,2D3. The highest BCUT2D eigenvalue weighted by Crippen LogP contribution is 2.37. The zero-order valence-corrected chi connectivity index (χ0v) is 9.41. The van der Waals surface area contributed by atoms with E-state index in [0.29, 0.717) is 0 Å². The summed E-state index contributed by atoms with van der Waals surface area (Å²) in [4.78, 5) is 0. The summed E-state index contributed by atoms with van der Waals surface area (Å²) in [6.07, 6.45) is 0. The predicted molar refractivity (Wildman–Crippen MR) is 57.9 cm³/mol. The largest absolute Gasteiger partial charge is 0.494 e. The van der Waals surface area contributed by atoms with Gasteiger partial charge in [-0.25, -0.2) is 0 Å². The molecule has 0 amide bonds. The normalized spacial score (nSPS) is 19.6. The zero-order valence-electron chi connectivity index (χ0n) is 12.2. The van der Waals surface area contributed by atoms with E-state index in [9.17, 15) is 0 Å². The second-order valence-corrected chi connectivity index (χ2v) is 3.72. The molecule has 0 saturated carbocycles. The van der Waals surface area contributed by atoms with Crippen molar-refractivity contribution in [3.05, 3.63) is 26.1 Å². The van der Waals surface area contributed by atoms with E-state index in [4.69, 9.17) is 13.0 Å². The maximum Gasteiger partial charge on any atom is 0.147 e. The Balaban J connectivity index is 3.68. The molecule has 3 heteroatoms. The molecule has 0 radical (unpaired) electrons. The summed E-state index contributed by atoms with van der Waals surface area (Å²) in [7, 11) is 1.34. The highest BCUT2D eigenvalue weighted by Gasteiger charge is 2.10. The highest BCUT2D eigenvalue weighted by molar-refractivity contribution is 9.11. The minimum absolute atomic E-state index is 0.0892. The summed E-state index contributed by atoms with van der Waals surface area (Å²) >= 11 is 6.26. The van der Waals surface area contributed by atoms with Crippen LogP contribution >= 0.6 is 31.9 Å². The SMILES string of the molecule is [2H]C([2H])([2H])c1cc(C([2H])([2H])[2H])c(Br)c(OC)c1Br. The molecule has 0 unspecified atom stereocenters. The maximum absolute atomic E-state index is 7.41. The number of rotatable bonds is 1. The summed E-state index contributed by atoms with van der Waals surface area (Å²) < 4.78 is 49.9. The van der Waals surface area contributed by atoms with Gasteiger partial charge in [-0.15, -0.1) is 0 Å². The van der Waals surface area contributed by atoms with Crippen LogP contribution in [-0.4, -0.2) is 7.11 Å². The first-order valence-electron chi connectivity index (χ1n) is 6.07. The van der Waals surface area contributed by atoms with Crippen molar-refractivity contribution in [2.45, 2.75) is 13.7 Å². The van der Waals surface area contributed by atoms with Crippen molar-refractivity contribution in [3.63, 3.8) is 0 Å². The van der Waals surface area contributed by atoms with E-state index in [-0.39, 0.29) is 25.8 Å². The van der Waals surface area contributed by atoms with Crippen LogP contribution in [0.5, 0.6) is 5.75 Å². The van der Waals surface area contributed by atoms with E-state index < -0.39 is 13.7 Å². The van der Waals surface area contributed by atoms with Crippen molar-refractivity contribution in [2.75, 3.05) is 7.11 Å². The fourth-order valence-electron chi connectivity index (χ4n) is 0.791. The van der Waals surface area contributed by atoms with Gasteiger partial charge in [-0.1, -0.05) is 6.07 Å². The second kappa shape index (κ2) is 3.79. The minimum Gasteiger partial charge on any atom is -0.494 e. The Morgan fingerprint density at radius 2 is 1.75 bits per heavy atom. The summed E-state index contributed by atoms with van der Waals surface area (Å²) in [5, 5.41) is 0. The number of halogens is 2. The average molecular weight is 300 g/mol. The highest BCUT2D eigenvalue weighted by atomic mass is 79.9. The van der Waals surface area contributed by atoms with Crippen molar-refractivity contribution >= 4 is 31.9 Å². The van der Waals surface area contributed by atoms with Gasteiger partial charge in [0.1, 0.15) is 5.75 Å². The molecule has 0 heterocycles. The van der Waals surface area contributed by atoms with Crippen LogP contribution in [-0.2, 0) is 0 Å². The average Bonchev–Trinajstić information content (AvgIpc) is 2.14. The minimum atomic E-state index is -2.42. The number of ether oxygens (including phenoxy) is 1. The third-order valence-electron chi connectivity index (χ3n) is 1.36. The molecule has 0 spiro atoms. The first-order valence-corrected chi connectivity index (χ1v) is 4.65. The molecule has 0 aliphatic carbocycles. The van der Waals surface area contributed by atoms with Gasteiger partial charge in [0.05, 0.1) is 16.1 Å². The fraction of sp³-hybridized carbons (Fsp3) is 0.333. The van der Waals surface area contributed by atoms with Gasteiger partial charge >= 0.3 is 0 Å². The molecule has 66 valence electrons. The Hall–Kier alpha value is -0.0200. The van der Waals surface area contributed by atoms with Gasteiger partial charge in [0.15, 0.2) is 0 Å². The Kier molecular flexibility index (Phi) is 1.41. The molecular formula is C9H10Br2O. The summed E-state index contributed by atoms with van der Waals surface area (Å²) in [5.41, 5.74) is -0.178. The first-order chi connectivity index (χ1) is 8.00. The number of hydrogen-bond acceptors (Lipinski definition) is 1. The van der Waals surface area contributed by atoms with E-state index in [1.54, 1.807) is 0 Å². The number of benzene rings is 1. The molecule has 1 aromatic rings. The van der Waals surface area contributed by atoms with Crippen LogP contribution < -0.4 is 4.74 Å². The molecule has 0 aliphatic heterocycles. The smallest absolute Gasteiger partial charge is 0.147 e. The van der Waals surface area contributed by atoms with Gasteiger partial charge in [-0.2, -0.15) is 0 Å². The van der Waals surface area contributed by atoms with Crippen LogP contribution in [0.15, 0.2) is 15.0 Å². The quantitative estimate of drug-likeness (QED) is 0.766. The first kappa shape index (κ1) is 4.47. The zero-order chi connectivity index (χ0) is 14.3. The van der Waals surface area contributed by atoms with Crippen molar-refractivity contribution < 1.29 is 13.0 Å². The van der Waals surface area contributed by atoms with Gasteiger partial charge in [-0.05, 0) is 56.7 Å². The number of aryl methyl sites for hydroxylation is 2. The molecule has 0 aromatic heterocycles. The third-order valence-corrected chi connectivity index (χ3v) is 2.94. The fourth-order valence-corrected chi connectivity index (χ4v) is 2.01. The third kappa shape index (κ3) is 1.67. The molecule has 0 atom stereocenters. The van der Waals surface area contributed by atoms with Crippen LogP contribution in [0.1, 0.15) is 19.4 Å². The molecule has 0 bridgehead atoms. The van der Waals surface area contributed by atoms with Crippen molar-refractivity contribution in [3.8, 4) is 5.75 Å². The van der Waals surface area contributed by atoms with Crippen LogP contribution in [0.3, 0.4) is 0 Å². The van der Waals surface area contributed by atoms with Gasteiger partial charge in [0, 0.05) is 8.22 Å². The lowest BCUT2D eigenvalue weighted by atomic mass is 10.1. The van der Waals surface area contributed by atoms with E-state index >= 15 is 0 Å². The molecule has 0 aliphatic rings. The van der Waals surface area contributed by atoms with Gasteiger partial charge in [0.25, 0.3) is 0 Å². The van der Waals surface area contributed by atoms with Gasteiger partial charge in [-0.3, -0.25) is 0 Å². The van der Waals surface area contributed by atoms with E-state index in [0.717, 1.165) is 6.07 Å². The summed E-state index contributed by atoms with van der Waals surface area (Å²) in [6.45, 7) is -4.85. The molecule has 0 N–H and O–H groups in total. The number of hydrogen-bond donors (Lipinski definition) is 0. The Morgan fingerprint density at radius 3 is 2.08 bits per heavy atom. The molecule has 1 nitrogen and oxygen atoms in total. The van der Waals surface area contributed by atoms with Crippen molar-refractivity contribution in [1.82, 2.24) is 0 Å². The van der Waals surface area contributed by atoms with Crippen LogP contribution in [0.25, 0.3) is 0 Å².